The third kappa shape index (κ3) is 5.39. The normalized spacial score (nSPS) is 12.6. The number of benzene rings is 1. The van der Waals surface area contributed by atoms with Gasteiger partial charge < -0.3 is 5.11 Å². The zero-order valence-corrected chi connectivity index (χ0v) is 18.5. The van der Waals surface area contributed by atoms with Gasteiger partial charge in [-0.3, -0.25) is 0 Å². The molecule has 26 heavy (non-hydrogen) atoms. The number of aromatic nitrogens is 4. The molecule has 0 amide bonds. The standard InChI is InChI=1S/C19H30N4OS2/c1-18(2,3)14-11-13(12-15(16(14)24)19(4,5)6)25-9-8-10-26-17-20-21-22-23(17)7/h11-12,24H,8-10H2,1-7H3. The van der Waals surface area contributed by atoms with E-state index in [0.29, 0.717) is 5.75 Å². The molecule has 7 heteroatoms. The van der Waals surface area contributed by atoms with Crippen molar-refractivity contribution in [3.05, 3.63) is 23.3 Å². The Kier molecular flexibility index (Phi) is 6.66. The van der Waals surface area contributed by atoms with Gasteiger partial charge in [-0.2, -0.15) is 0 Å². The van der Waals surface area contributed by atoms with E-state index in [1.807, 2.05) is 18.8 Å². The third-order valence-electron chi connectivity index (χ3n) is 4.07. The topological polar surface area (TPSA) is 63.8 Å². The van der Waals surface area contributed by atoms with Crippen LogP contribution in [0.15, 0.2) is 22.2 Å². The number of hydrogen-bond acceptors (Lipinski definition) is 6. The molecule has 144 valence electrons. The first-order valence-electron chi connectivity index (χ1n) is 8.86. The van der Waals surface area contributed by atoms with E-state index in [9.17, 15) is 5.11 Å². The molecule has 0 fully saturated rings. The summed E-state index contributed by atoms with van der Waals surface area (Å²) in [7, 11) is 1.86. The van der Waals surface area contributed by atoms with E-state index in [1.54, 1.807) is 16.4 Å². The average Bonchev–Trinajstić information content (AvgIpc) is 2.91. The van der Waals surface area contributed by atoms with Gasteiger partial charge in [-0.05, 0) is 45.6 Å². The minimum absolute atomic E-state index is 0.0886. The maximum Gasteiger partial charge on any atom is 0.209 e. The summed E-state index contributed by atoms with van der Waals surface area (Å²) in [5.41, 5.74) is 1.86. The van der Waals surface area contributed by atoms with Crippen LogP contribution in [0.5, 0.6) is 5.75 Å². The van der Waals surface area contributed by atoms with Crippen molar-refractivity contribution in [1.29, 1.82) is 0 Å². The Bertz CT molecular complexity index is 710. The van der Waals surface area contributed by atoms with E-state index >= 15 is 0 Å². The second-order valence-electron chi connectivity index (χ2n) is 8.50. The molecule has 2 aromatic rings. The summed E-state index contributed by atoms with van der Waals surface area (Å²) in [4.78, 5) is 1.22. The zero-order chi connectivity index (χ0) is 19.5. The number of tetrazole rings is 1. The van der Waals surface area contributed by atoms with Gasteiger partial charge in [0.05, 0.1) is 0 Å². The van der Waals surface area contributed by atoms with E-state index in [4.69, 9.17) is 0 Å². The minimum atomic E-state index is -0.0886. The van der Waals surface area contributed by atoms with Crippen LogP contribution >= 0.6 is 23.5 Å². The predicted molar refractivity (Wildman–Crippen MR) is 110 cm³/mol. The molecule has 0 spiro atoms. The smallest absolute Gasteiger partial charge is 0.209 e. The van der Waals surface area contributed by atoms with Crippen LogP contribution in [0.3, 0.4) is 0 Å². The summed E-state index contributed by atoms with van der Waals surface area (Å²) in [5, 5.41) is 23.1. The molecule has 0 aliphatic rings. The van der Waals surface area contributed by atoms with Crippen molar-refractivity contribution >= 4 is 23.5 Å². The van der Waals surface area contributed by atoms with Gasteiger partial charge in [0.15, 0.2) is 0 Å². The number of aromatic hydroxyl groups is 1. The van der Waals surface area contributed by atoms with Crippen molar-refractivity contribution in [2.24, 2.45) is 7.05 Å². The Labute approximate surface area is 165 Å². The quantitative estimate of drug-likeness (QED) is 0.562. The monoisotopic (exact) mass is 394 g/mol. The predicted octanol–water partition coefficient (Wildman–Crippen LogP) is 4.79. The Hall–Kier alpha value is -1.21. The van der Waals surface area contributed by atoms with Crippen molar-refractivity contribution < 1.29 is 5.11 Å². The second-order valence-corrected chi connectivity index (χ2v) is 10.7. The lowest BCUT2D eigenvalue weighted by atomic mass is 9.79. The molecule has 0 radical (unpaired) electrons. The van der Waals surface area contributed by atoms with Gasteiger partial charge in [0.2, 0.25) is 5.16 Å². The van der Waals surface area contributed by atoms with Crippen molar-refractivity contribution in [3.63, 3.8) is 0 Å². The van der Waals surface area contributed by atoms with Crippen molar-refractivity contribution in [3.8, 4) is 5.75 Å². The largest absolute Gasteiger partial charge is 0.507 e. The Balaban J connectivity index is 2.05. The van der Waals surface area contributed by atoms with Gasteiger partial charge in [-0.25, -0.2) is 4.68 Å². The van der Waals surface area contributed by atoms with Crippen LogP contribution in [0.25, 0.3) is 0 Å². The van der Waals surface area contributed by atoms with Gasteiger partial charge >= 0.3 is 0 Å². The number of nitrogens with zero attached hydrogens (tertiary/aromatic N) is 4. The lowest BCUT2D eigenvalue weighted by Crippen LogP contribution is -2.17. The van der Waals surface area contributed by atoms with Crippen LogP contribution < -0.4 is 0 Å². The van der Waals surface area contributed by atoms with Crippen molar-refractivity contribution in [1.82, 2.24) is 20.2 Å². The van der Waals surface area contributed by atoms with E-state index in [2.05, 4.69) is 69.2 Å². The molecule has 0 saturated heterocycles. The summed E-state index contributed by atoms with van der Waals surface area (Å²) < 4.78 is 1.70. The fraction of sp³-hybridized carbons (Fsp3) is 0.632. The Morgan fingerprint density at radius 3 is 1.96 bits per heavy atom. The van der Waals surface area contributed by atoms with Crippen LogP contribution in [0.2, 0.25) is 0 Å². The highest BCUT2D eigenvalue weighted by Gasteiger charge is 2.26. The lowest BCUT2D eigenvalue weighted by molar-refractivity contribution is 0.422. The molecule has 0 atom stereocenters. The molecule has 0 saturated carbocycles. The van der Waals surface area contributed by atoms with Gasteiger partial charge in [0, 0.05) is 28.8 Å². The summed E-state index contributed by atoms with van der Waals surface area (Å²) in [6.45, 7) is 12.9. The first kappa shape index (κ1) is 21.1. The fourth-order valence-electron chi connectivity index (χ4n) is 2.59. The number of hydrogen-bond donors (Lipinski definition) is 1. The second kappa shape index (κ2) is 8.21. The molecule has 0 aliphatic heterocycles. The molecule has 5 nitrogen and oxygen atoms in total. The molecule has 2 rings (SSSR count). The lowest BCUT2D eigenvalue weighted by Gasteiger charge is -2.28. The fourth-order valence-corrected chi connectivity index (χ4v) is 4.49. The molecule has 1 N–H and O–H groups in total. The molecular weight excluding hydrogens is 364 g/mol. The Morgan fingerprint density at radius 2 is 1.50 bits per heavy atom. The number of phenolic OH excluding ortho intramolecular Hbond substituents is 1. The maximum atomic E-state index is 10.8. The van der Waals surface area contributed by atoms with Crippen molar-refractivity contribution in [2.45, 2.75) is 68.8 Å². The number of thioether (sulfide) groups is 2. The first-order chi connectivity index (χ1) is 12.0. The molecule has 1 aromatic carbocycles. The van der Waals surface area contributed by atoms with E-state index in [0.717, 1.165) is 34.2 Å². The summed E-state index contributed by atoms with van der Waals surface area (Å²) in [5.74, 6) is 2.45. The maximum absolute atomic E-state index is 10.8. The summed E-state index contributed by atoms with van der Waals surface area (Å²) >= 11 is 3.53. The van der Waals surface area contributed by atoms with Gasteiger partial charge in [0.1, 0.15) is 5.75 Å². The minimum Gasteiger partial charge on any atom is -0.507 e. The summed E-state index contributed by atoms with van der Waals surface area (Å²) in [6, 6.07) is 4.30. The van der Waals surface area contributed by atoms with E-state index < -0.39 is 0 Å². The highest BCUT2D eigenvalue weighted by molar-refractivity contribution is 8.00. The van der Waals surface area contributed by atoms with Gasteiger partial charge in [0.25, 0.3) is 0 Å². The third-order valence-corrected chi connectivity index (χ3v) is 6.23. The number of aryl methyl sites for hydroxylation is 1. The SMILES string of the molecule is Cn1nnnc1SCCCSc1cc(C(C)(C)C)c(O)c(C(C)(C)C)c1. The highest BCUT2D eigenvalue weighted by atomic mass is 32.2. The first-order valence-corrected chi connectivity index (χ1v) is 10.8. The average molecular weight is 395 g/mol. The van der Waals surface area contributed by atoms with Crippen molar-refractivity contribution in [2.75, 3.05) is 11.5 Å². The van der Waals surface area contributed by atoms with Crippen LogP contribution in [0.1, 0.15) is 59.1 Å². The number of rotatable bonds is 6. The molecule has 1 heterocycles. The van der Waals surface area contributed by atoms with E-state index in [1.165, 1.54) is 4.90 Å². The molecule has 0 unspecified atom stereocenters. The molecular formula is C19H30N4OS2. The molecule has 0 aliphatic carbocycles. The zero-order valence-electron chi connectivity index (χ0n) is 16.8. The van der Waals surface area contributed by atoms with Crippen LogP contribution in [0.4, 0.5) is 0 Å². The number of phenols is 1. The highest BCUT2D eigenvalue weighted by Crippen LogP contribution is 2.41. The van der Waals surface area contributed by atoms with Gasteiger partial charge in [-0.15, -0.1) is 16.9 Å². The Morgan fingerprint density at radius 1 is 0.962 bits per heavy atom. The molecule has 0 bridgehead atoms. The molecule has 1 aromatic heterocycles. The van der Waals surface area contributed by atoms with Crippen LogP contribution in [0, 0.1) is 0 Å². The van der Waals surface area contributed by atoms with Gasteiger partial charge in [-0.1, -0.05) is 53.3 Å². The van der Waals surface area contributed by atoms with Crippen LogP contribution in [-0.4, -0.2) is 36.8 Å². The summed E-state index contributed by atoms with van der Waals surface area (Å²) in [6.07, 6.45) is 1.07. The van der Waals surface area contributed by atoms with Crippen LogP contribution in [-0.2, 0) is 17.9 Å². The van der Waals surface area contributed by atoms with E-state index in [-0.39, 0.29) is 10.8 Å².